The van der Waals surface area contributed by atoms with Crippen molar-refractivity contribution in [2.45, 2.75) is 39.6 Å². The molecule has 0 N–H and O–H groups in total. The molecule has 0 atom stereocenters. The molecule has 6 rings (SSSR count). The first-order valence-electron chi connectivity index (χ1n) is 13.6. The highest BCUT2D eigenvalue weighted by Crippen LogP contribution is 2.40. The maximum Gasteiger partial charge on any atom is 0.257 e. The van der Waals surface area contributed by atoms with Crippen LogP contribution in [0.2, 0.25) is 5.02 Å². The van der Waals surface area contributed by atoms with Crippen molar-refractivity contribution >= 4 is 34.1 Å². The van der Waals surface area contributed by atoms with Gasteiger partial charge in [-0.05, 0) is 31.5 Å². The van der Waals surface area contributed by atoms with Gasteiger partial charge in [-0.3, -0.25) is 4.79 Å². The second-order valence-electron chi connectivity index (χ2n) is 10.3. The molecule has 2 aromatic carbocycles. The quantitative estimate of drug-likeness (QED) is 0.270. The van der Waals surface area contributed by atoms with Crippen LogP contribution in [0.4, 0.5) is 5.69 Å². The zero-order chi connectivity index (χ0) is 27.8. The first kappa shape index (κ1) is 26.5. The van der Waals surface area contributed by atoms with Crippen LogP contribution in [0.1, 0.15) is 34.1 Å². The highest BCUT2D eigenvalue weighted by molar-refractivity contribution is 6.38. The number of nitrogens with zero attached hydrogens (tertiary/aromatic N) is 4. The normalized spacial score (nSPS) is 15.2. The number of benzene rings is 2. The number of ether oxygens (including phenoxy) is 3. The fourth-order valence-corrected chi connectivity index (χ4v) is 5.93. The minimum absolute atomic E-state index is 0.119. The molecule has 1 amide bonds. The maximum atomic E-state index is 14.3. The molecular formula is C31H33ClN4O4. The minimum atomic E-state index is -0.119. The fourth-order valence-electron chi connectivity index (χ4n) is 5.60. The van der Waals surface area contributed by atoms with Crippen LogP contribution in [-0.4, -0.2) is 59.8 Å². The average Bonchev–Trinajstić information content (AvgIpc) is 3.28. The largest absolute Gasteiger partial charge is 0.496 e. The summed E-state index contributed by atoms with van der Waals surface area (Å²) in [7, 11) is 1.63. The van der Waals surface area contributed by atoms with Gasteiger partial charge in [0.15, 0.2) is 0 Å². The summed E-state index contributed by atoms with van der Waals surface area (Å²) >= 11 is 7.11. The lowest BCUT2D eigenvalue weighted by molar-refractivity contribution is 0.00849. The lowest BCUT2D eigenvalue weighted by atomic mass is 10.1. The molecule has 2 aliphatic rings. The van der Waals surface area contributed by atoms with Gasteiger partial charge in [-0.25, -0.2) is 4.98 Å². The highest BCUT2D eigenvalue weighted by Gasteiger charge is 2.33. The van der Waals surface area contributed by atoms with E-state index in [0.717, 1.165) is 40.0 Å². The van der Waals surface area contributed by atoms with Gasteiger partial charge in [0.2, 0.25) is 5.88 Å². The molecular weight excluding hydrogens is 528 g/mol. The predicted molar refractivity (Wildman–Crippen MR) is 156 cm³/mol. The predicted octanol–water partition coefficient (Wildman–Crippen LogP) is 5.47. The van der Waals surface area contributed by atoms with Crippen LogP contribution < -0.4 is 14.4 Å². The summed E-state index contributed by atoms with van der Waals surface area (Å²) in [6.07, 6.45) is 2.04. The molecule has 1 fully saturated rings. The number of carbonyl (C=O) groups excluding carboxylic acids is 1. The van der Waals surface area contributed by atoms with Gasteiger partial charge < -0.3 is 28.6 Å². The number of hydrogen-bond acceptors (Lipinski definition) is 6. The number of rotatable bonds is 9. The standard InChI is InChI=1S/C31H33ClN4O4/c1-4-36(23-18-39-19-23)25-15-22-10-11-34-12-13-35(31(37)27(28(25)32)29(22)34)16-24-26(38-3)14-20(2)33-30(24)40-17-21-8-6-5-7-9-21/h5-11,14-15,23H,4,12-13,16-19H2,1-3H3. The Morgan fingerprint density at radius 1 is 1.15 bits per heavy atom. The Morgan fingerprint density at radius 2 is 1.95 bits per heavy atom. The van der Waals surface area contributed by atoms with Crippen molar-refractivity contribution in [3.05, 3.63) is 82.1 Å². The molecule has 40 heavy (non-hydrogen) atoms. The lowest BCUT2D eigenvalue weighted by Gasteiger charge is -2.39. The molecule has 2 aliphatic heterocycles. The number of pyridine rings is 1. The Bertz CT molecular complexity index is 1550. The number of anilines is 1. The second-order valence-corrected chi connectivity index (χ2v) is 10.6. The molecule has 0 aliphatic carbocycles. The van der Waals surface area contributed by atoms with Crippen molar-refractivity contribution in [2.75, 3.05) is 38.3 Å². The van der Waals surface area contributed by atoms with Crippen molar-refractivity contribution in [2.24, 2.45) is 0 Å². The number of aryl methyl sites for hydroxylation is 1. The summed E-state index contributed by atoms with van der Waals surface area (Å²) in [6, 6.07) is 16.2. The van der Waals surface area contributed by atoms with Crippen LogP contribution >= 0.6 is 11.6 Å². The molecule has 0 radical (unpaired) electrons. The molecule has 4 heterocycles. The first-order chi connectivity index (χ1) is 19.5. The minimum Gasteiger partial charge on any atom is -0.496 e. The summed E-state index contributed by atoms with van der Waals surface area (Å²) in [5.74, 6) is 0.982. The molecule has 0 bridgehead atoms. The summed E-state index contributed by atoms with van der Waals surface area (Å²) in [4.78, 5) is 23.1. The fraction of sp³-hybridized carbons (Fsp3) is 0.355. The topological polar surface area (TPSA) is 69.1 Å². The van der Waals surface area contributed by atoms with Gasteiger partial charge >= 0.3 is 0 Å². The van der Waals surface area contributed by atoms with Gasteiger partial charge in [0, 0.05) is 43.0 Å². The first-order valence-corrected chi connectivity index (χ1v) is 14.0. The summed E-state index contributed by atoms with van der Waals surface area (Å²) in [5, 5.41) is 1.48. The van der Waals surface area contributed by atoms with E-state index in [-0.39, 0.29) is 18.5 Å². The number of halogens is 1. The SMILES string of the molecule is CCN(c1cc2ccn3c2c(c1Cl)C(=O)N(Cc1c(OC)cc(C)nc1OCc1ccccc1)CC3)C1COC1. The van der Waals surface area contributed by atoms with Crippen LogP contribution in [0.5, 0.6) is 11.6 Å². The van der Waals surface area contributed by atoms with Crippen LogP contribution in [-0.2, 0) is 24.4 Å². The number of aromatic nitrogens is 2. The van der Waals surface area contributed by atoms with Gasteiger partial charge in [0.1, 0.15) is 12.4 Å². The third kappa shape index (κ3) is 4.75. The van der Waals surface area contributed by atoms with Gasteiger partial charge in [-0.1, -0.05) is 41.9 Å². The van der Waals surface area contributed by atoms with Crippen molar-refractivity contribution in [3.8, 4) is 11.6 Å². The van der Waals surface area contributed by atoms with Crippen molar-refractivity contribution in [3.63, 3.8) is 0 Å². The maximum absolute atomic E-state index is 14.3. The number of hydrogen-bond donors (Lipinski definition) is 0. The van der Waals surface area contributed by atoms with Crippen LogP contribution in [0.15, 0.2) is 54.7 Å². The molecule has 8 nitrogen and oxygen atoms in total. The van der Waals surface area contributed by atoms with Crippen molar-refractivity contribution < 1.29 is 19.0 Å². The zero-order valence-corrected chi connectivity index (χ0v) is 23.8. The lowest BCUT2D eigenvalue weighted by Crippen LogP contribution is -2.49. The molecule has 0 spiro atoms. The Balaban J connectivity index is 1.37. The molecule has 1 saturated heterocycles. The average molecular weight is 561 g/mol. The third-order valence-corrected chi connectivity index (χ3v) is 8.13. The van der Waals surface area contributed by atoms with Crippen molar-refractivity contribution in [1.82, 2.24) is 14.5 Å². The number of methoxy groups -OCH3 is 1. The molecule has 0 unspecified atom stereocenters. The van der Waals surface area contributed by atoms with Gasteiger partial charge in [0.05, 0.1) is 60.3 Å². The third-order valence-electron chi connectivity index (χ3n) is 7.75. The molecule has 208 valence electrons. The van der Waals surface area contributed by atoms with E-state index in [2.05, 4.69) is 28.5 Å². The Kier molecular flexibility index (Phi) is 7.29. The number of carbonyl (C=O) groups is 1. The Hall–Kier alpha value is -3.75. The summed E-state index contributed by atoms with van der Waals surface area (Å²) < 4.78 is 19.6. The van der Waals surface area contributed by atoms with Crippen molar-refractivity contribution in [1.29, 1.82) is 0 Å². The zero-order valence-electron chi connectivity index (χ0n) is 23.0. The molecule has 0 saturated carbocycles. The van der Waals surface area contributed by atoms with E-state index >= 15 is 0 Å². The van der Waals surface area contributed by atoms with Crippen LogP contribution in [0, 0.1) is 6.92 Å². The monoisotopic (exact) mass is 560 g/mol. The summed E-state index contributed by atoms with van der Waals surface area (Å²) in [6.45, 7) is 7.88. The molecule has 9 heteroatoms. The van der Waals surface area contributed by atoms with E-state index < -0.39 is 0 Å². The highest BCUT2D eigenvalue weighted by atomic mass is 35.5. The van der Waals surface area contributed by atoms with Gasteiger partial charge in [-0.2, -0.15) is 0 Å². The van der Waals surface area contributed by atoms with E-state index in [1.807, 2.05) is 54.4 Å². The van der Waals surface area contributed by atoms with Gasteiger partial charge in [0.25, 0.3) is 5.91 Å². The van der Waals surface area contributed by atoms with E-state index in [9.17, 15) is 4.79 Å². The van der Waals surface area contributed by atoms with Gasteiger partial charge in [-0.15, -0.1) is 0 Å². The molecule has 4 aromatic rings. The smallest absolute Gasteiger partial charge is 0.257 e. The van der Waals surface area contributed by atoms with E-state index in [0.29, 0.717) is 55.1 Å². The Morgan fingerprint density at radius 3 is 2.65 bits per heavy atom. The van der Waals surface area contributed by atoms with Crippen LogP contribution in [0.25, 0.3) is 10.9 Å². The summed E-state index contributed by atoms with van der Waals surface area (Å²) in [5.41, 5.74) is 4.81. The van der Waals surface area contributed by atoms with E-state index in [1.165, 1.54) is 0 Å². The number of likely N-dealkylation sites (N-methyl/N-ethyl adjacent to an activating group) is 1. The Labute approximate surface area is 239 Å². The second kappa shape index (κ2) is 11.0. The number of amides is 1. The van der Waals surface area contributed by atoms with E-state index in [4.69, 9.17) is 30.8 Å². The molecule has 2 aromatic heterocycles. The van der Waals surface area contributed by atoms with E-state index in [1.54, 1.807) is 7.11 Å². The van der Waals surface area contributed by atoms with Crippen LogP contribution in [0.3, 0.4) is 0 Å².